The number of carbonyl (C=O) groups is 3. The van der Waals surface area contributed by atoms with Gasteiger partial charge < -0.3 is 25.8 Å². The van der Waals surface area contributed by atoms with Crippen LogP contribution in [0, 0.1) is 0 Å². The molecule has 0 aliphatic carbocycles. The van der Waals surface area contributed by atoms with Crippen LogP contribution in [0.15, 0.2) is 35.5 Å². The average molecular weight is 389 g/mol. The quantitative estimate of drug-likeness (QED) is 0.550. The second kappa shape index (κ2) is 6.80. The van der Waals surface area contributed by atoms with E-state index >= 15 is 0 Å². The van der Waals surface area contributed by atoms with Gasteiger partial charge in [0.15, 0.2) is 0 Å². The highest BCUT2D eigenvalue weighted by molar-refractivity contribution is 8.00. The van der Waals surface area contributed by atoms with Gasteiger partial charge in [0, 0.05) is 11.3 Å². The number of esters is 1. The summed E-state index contributed by atoms with van der Waals surface area (Å²) in [6, 6.07) is 4.47. The van der Waals surface area contributed by atoms with Gasteiger partial charge in [-0.25, -0.2) is 4.79 Å². The maximum Gasteiger partial charge on any atom is 0.355 e. The number of benzene rings is 1. The van der Waals surface area contributed by atoms with Crippen LogP contribution in [-0.2, 0) is 19.1 Å². The van der Waals surface area contributed by atoms with E-state index in [0.717, 1.165) is 5.57 Å². The van der Waals surface area contributed by atoms with E-state index in [-0.39, 0.29) is 23.7 Å². The Bertz CT molecular complexity index is 838. The van der Waals surface area contributed by atoms with Crippen molar-refractivity contribution in [3.8, 4) is 5.75 Å². The molecule has 9 heteroatoms. The van der Waals surface area contributed by atoms with Crippen LogP contribution >= 0.6 is 11.8 Å². The molecule has 8 nitrogen and oxygen atoms in total. The van der Waals surface area contributed by atoms with Crippen molar-refractivity contribution < 1.29 is 24.2 Å². The predicted molar refractivity (Wildman–Crippen MR) is 97.5 cm³/mol. The molecule has 27 heavy (non-hydrogen) atoms. The SMILES string of the molecule is CC[C@H]1OC(=O)C2=C1CS[C@H]([C@@H]1NC(=O)[C@@H](c3ccc(O)cc3)NC1=O)N2. The molecule has 3 aliphatic heterocycles. The van der Waals surface area contributed by atoms with Gasteiger partial charge in [0.25, 0.3) is 0 Å². The third-order valence-electron chi connectivity index (χ3n) is 4.90. The van der Waals surface area contributed by atoms with Gasteiger partial charge in [0.1, 0.15) is 35.0 Å². The van der Waals surface area contributed by atoms with Gasteiger partial charge in [-0.1, -0.05) is 19.1 Å². The van der Waals surface area contributed by atoms with Crippen LogP contribution in [0.3, 0.4) is 0 Å². The number of amides is 2. The molecule has 0 radical (unpaired) electrons. The van der Waals surface area contributed by atoms with Crippen molar-refractivity contribution >= 4 is 29.5 Å². The van der Waals surface area contributed by atoms with Gasteiger partial charge in [0.2, 0.25) is 11.8 Å². The highest BCUT2D eigenvalue weighted by Gasteiger charge is 2.44. The average Bonchev–Trinajstić information content (AvgIpc) is 2.99. The van der Waals surface area contributed by atoms with Gasteiger partial charge in [-0.2, -0.15) is 0 Å². The van der Waals surface area contributed by atoms with E-state index in [1.807, 2.05) is 6.92 Å². The first-order valence-corrected chi connectivity index (χ1v) is 9.74. The Morgan fingerprint density at radius 2 is 1.85 bits per heavy atom. The number of ether oxygens (including phenoxy) is 1. The number of aromatic hydroxyl groups is 1. The number of hydrogen-bond acceptors (Lipinski definition) is 7. The second-order valence-electron chi connectivity index (χ2n) is 6.60. The van der Waals surface area contributed by atoms with E-state index in [2.05, 4.69) is 16.0 Å². The molecule has 4 rings (SSSR count). The van der Waals surface area contributed by atoms with Crippen molar-refractivity contribution in [2.75, 3.05) is 5.75 Å². The van der Waals surface area contributed by atoms with Crippen LogP contribution in [0.2, 0.25) is 0 Å². The number of cyclic esters (lactones) is 1. The Morgan fingerprint density at radius 3 is 2.56 bits per heavy atom. The Labute approximate surface area is 159 Å². The molecule has 1 saturated heterocycles. The number of piperazine rings is 1. The highest BCUT2D eigenvalue weighted by atomic mass is 32.2. The standard InChI is InChI=1S/C18H19N3O5S/c1-2-11-10-7-27-17(21-13(10)18(25)26-11)14-16(24)19-12(15(23)20-14)8-3-5-9(22)6-4-8/h3-6,11-12,14,17,21-22H,2,7H2,1H3,(H,19,24)(H,20,23)/t11-,12-,14-,17-/m1/s1. The first-order valence-electron chi connectivity index (χ1n) is 8.69. The minimum Gasteiger partial charge on any atom is -0.508 e. The fourth-order valence-corrected chi connectivity index (χ4v) is 4.73. The summed E-state index contributed by atoms with van der Waals surface area (Å²) in [7, 11) is 0. The minimum absolute atomic E-state index is 0.0832. The Kier molecular flexibility index (Phi) is 4.47. The summed E-state index contributed by atoms with van der Waals surface area (Å²) in [5, 5.41) is 17.5. The van der Waals surface area contributed by atoms with Crippen LogP contribution in [0.4, 0.5) is 0 Å². The molecule has 3 heterocycles. The summed E-state index contributed by atoms with van der Waals surface area (Å²) < 4.78 is 5.33. The van der Waals surface area contributed by atoms with Gasteiger partial charge in [-0.3, -0.25) is 9.59 Å². The van der Waals surface area contributed by atoms with E-state index in [4.69, 9.17) is 4.74 Å². The number of phenolic OH excluding ortho intramolecular Hbond substituents is 1. The number of hydrogen-bond donors (Lipinski definition) is 4. The molecule has 4 atom stereocenters. The van der Waals surface area contributed by atoms with Crippen LogP contribution in [-0.4, -0.2) is 46.2 Å². The normalized spacial score (nSPS) is 30.2. The molecule has 1 fully saturated rings. The molecule has 0 bridgehead atoms. The third kappa shape index (κ3) is 3.12. The lowest BCUT2D eigenvalue weighted by Gasteiger charge is -2.36. The lowest BCUT2D eigenvalue weighted by Crippen LogP contribution is -2.64. The smallest absolute Gasteiger partial charge is 0.355 e. The summed E-state index contributed by atoms with van der Waals surface area (Å²) in [6.45, 7) is 1.95. The lowest BCUT2D eigenvalue weighted by molar-refractivity contribution is -0.140. The Morgan fingerprint density at radius 1 is 1.11 bits per heavy atom. The molecule has 1 aromatic carbocycles. The summed E-state index contributed by atoms with van der Waals surface area (Å²) in [6.07, 6.45) is 0.481. The number of rotatable bonds is 3. The summed E-state index contributed by atoms with van der Waals surface area (Å²) >= 11 is 1.46. The Balaban J connectivity index is 1.49. The monoisotopic (exact) mass is 389 g/mol. The van der Waals surface area contributed by atoms with E-state index < -0.39 is 23.4 Å². The molecule has 4 N–H and O–H groups in total. The second-order valence-corrected chi connectivity index (χ2v) is 7.73. The number of nitrogens with one attached hydrogen (secondary N) is 3. The zero-order chi connectivity index (χ0) is 19.1. The molecule has 0 aromatic heterocycles. The van der Waals surface area contributed by atoms with Crippen molar-refractivity contribution in [2.45, 2.75) is 36.9 Å². The molecule has 3 aliphatic rings. The zero-order valence-corrected chi connectivity index (χ0v) is 15.3. The van der Waals surface area contributed by atoms with Crippen LogP contribution in [0.25, 0.3) is 0 Å². The molecule has 1 aromatic rings. The topological polar surface area (TPSA) is 117 Å². The van der Waals surface area contributed by atoms with Crippen molar-refractivity contribution in [1.82, 2.24) is 16.0 Å². The number of thioether (sulfide) groups is 1. The van der Waals surface area contributed by atoms with Crippen molar-refractivity contribution in [3.63, 3.8) is 0 Å². The van der Waals surface area contributed by atoms with Crippen molar-refractivity contribution in [2.24, 2.45) is 0 Å². The summed E-state index contributed by atoms with van der Waals surface area (Å²) in [5.41, 5.74) is 1.90. The zero-order valence-electron chi connectivity index (χ0n) is 14.5. The highest BCUT2D eigenvalue weighted by Crippen LogP contribution is 2.34. The van der Waals surface area contributed by atoms with Gasteiger partial charge in [-0.15, -0.1) is 11.8 Å². The molecule has 142 valence electrons. The molecule has 0 spiro atoms. The van der Waals surface area contributed by atoms with Gasteiger partial charge in [-0.05, 0) is 24.1 Å². The largest absolute Gasteiger partial charge is 0.508 e. The maximum absolute atomic E-state index is 12.6. The van der Waals surface area contributed by atoms with E-state index in [1.165, 1.54) is 23.9 Å². The van der Waals surface area contributed by atoms with E-state index in [0.29, 0.717) is 23.4 Å². The molecule has 0 unspecified atom stereocenters. The molecule has 2 amide bonds. The van der Waals surface area contributed by atoms with Gasteiger partial charge >= 0.3 is 5.97 Å². The van der Waals surface area contributed by atoms with Crippen LogP contribution in [0.5, 0.6) is 5.75 Å². The lowest BCUT2D eigenvalue weighted by atomic mass is 10.0. The van der Waals surface area contributed by atoms with Crippen molar-refractivity contribution in [3.05, 3.63) is 41.1 Å². The van der Waals surface area contributed by atoms with Crippen molar-refractivity contribution in [1.29, 1.82) is 0 Å². The van der Waals surface area contributed by atoms with Crippen LogP contribution < -0.4 is 16.0 Å². The fraction of sp³-hybridized carbons (Fsp3) is 0.389. The number of phenols is 1. The third-order valence-corrected chi connectivity index (χ3v) is 6.12. The first kappa shape index (κ1) is 17.7. The number of carbonyl (C=O) groups excluding carboxylic acids is 3. The van der Waals surface area contributed by atoms with Crippen LogP contribution in [0.1, 0.15) is 24.9 Å². The maximum atomic E-state index is 12.6. The fourth-order valence-electron chi connectivity index (χ4n) is 3.46. The molecular formula is C18H19N3O5S. The minimum atomic E-state index is -0.821. The summed E-state index contributed by atoms with van der Waals surface area (Å²) in [4.78, 5) is 37.2. The Hall–Kier alpha value is -2.68. The summed E-state index contributed by atoms with van der Waals surface area (Å²) in [5.74, 6) is -0.433. The van der Waals surface area contributed by atoms with Gasteiger partial charge in [0.05, 0.1) is 0 Å². The predicted octanol–water partition coefficient (Wildman–Crippen LogP) is 0.300. The molecule has 0 saturated carbocycles. The van der Waals surface area contributed by atoms with E-state index in [9.17, 15) is 19.5 Å². The first-order chi connectivity index (χ1) is 13.0. The van der Waals surface area contributed by atoms with E-state index in [1.54, 1.807) is 12.1 Å². The molecular weight excluding hydrogens is 370 g/mol.